The van der Waals surface area contributed by atoms with E-state index >= 15 is 0 Å². The molecule has 0 N–H and O–H groups in total. The first-order chi connectivity index (χ1) is 18.6. The zero-order valence-corrected chi connectivity index (χ0v) is 21.1. The lowest BCUT2D eigenvalue weighted by molar-refractivity contribution is 0.402. The van der Waals surface area contributed by atoms with Crippen molar-refractivity contribution in [2.45, 2.75) is 12.8 Å². The second-order valence-corrected chi connectivity index (χ2v) is 9.48. The number of ether oxygens (including phenoxy) is 1. The van der Waals surface area contributed by atoms with E-state index in [1.54, 1.807) is 23.2 Å². The average molecular weight is 501 g/mol. The summed E-state index contributed by atoms with van der Waals surface area (Å²) in [6, 6.07) is 22.4. The molecule has 0 amide bonds. The quantitative estimate of drug-likeness (QED) is 0.335. The lowest BCUT2D eigenvalue weighted by Gasteiger charge is -2.26. The maximum Gasteiger partial charge on any atom is 0.230 e. The number of benzene rings is 2. The number of aromatic nitrogens is 7. The molecule has 186 valence electrons. The fraction of sp³-hybridized carbons (Fsp3) is 0.138. The standard InChI is InChI=1S/C29H24N8O/c1-18-23-24(19-9-11-21(12-10-19)35(2)3)25-27-32-26(20-13-15-30-16-14-20)34-36(27)17-31-28(25)38-29(23)37(33-18)22-7-5-4-6-8-22/h4-17,24H,1-3H3/t24-/m0/s1. The highest BCUT2D eigenvalue weighted by Gasteiger charge is 2.38. The van der Waals surface area contributed by atoms with Gasteiger partial charge in [0.15, 0.2) is 11.5 Å². The van der Waals surface area contributed by atoms with Gasteiger partial charge in [-0.1, -0.05) is 30.3 Å². The molecule has 0 unspecified atom stereocenters. The first kappa shape index (κ1) is 22.2. The Morgan fingerprint density at radius 1 is 0.868 bits per heavy atom. The molecule has 0 spiro atoms. The lowest BCUT2D eigenvalue weighted by Crippen LogP contribution is -2.16. The van der Waals surface area contributed by atoms with E-state index in [9.17, 15) is 0 Å². The molecule has 1 aliphatic rings. The van der Waals surface area contributed by atoms with Crippen LogP contribution in [0, 0.1) is 6.92 Å². The fourth-order valence-corrected chi connectivity index (χ4v) is 5.04. The van der Waals surface area contributed by atoms with Gasteiger partial charge in [0, 0.05) is 37.7 Å². The van der Waals surface area contributed by atoms with Crippen molar-refractivity contribution in [2.24, 2.45) is 0 Å². The molecule has 2 aromatic carbocycles. The van der Waals surface area contributed by atoms with E-state index in [0.29, 0.717) is 23.2 Å². The summed E-state index contributed by atoms with van der Waals surface area (Å²) in [4.78, 5) is 15.9. The van der Waals surface area contributed by atoms with Crippen LogP contribution in [0.4, 0.5) is 5.69 Å². The second kappa shape index (κ2) is 8.52. The Labute approximate surface area is 219 Å². The average Bonchev–Trinajstić information content (AvgIpc) is 3.54. The van der Waals surface area contributed by atoms with Crippen LogP contribution in [0.2, 0.25) is 0 Å². The molecule has 1 atom stereocenters. The fourth-order valence-electron chi connectivity index (χ4n) is 5.04. The molecule has 0 aliphatic carbocycles. The van der Waals surface area contributed by atoms with E-state index in [4.69, 9.17) is 24.9 Å². The highest BCUT2D eigenvalue weighted by Crippen LogP contribution is 2.49. The number of para-hydroxylation sites is 1. The van der Waals surface area contributed by atoms with Crippen LogP contribution >= 0.6 is 0 Å². The van der Waals surface area contributed by atoms with E-state index in [2.05, 4.69) is 34.1 Å². The largest absolute Gasteiger partial charge is 0.420 e. The number of aryl methyl sites for hydroxylation is 1. The van der Waals surface area contributed by atoms with Crippen molar-refractivity contribution in [3.05, 3.63) is 108 Å². The Balaban J connectivity index is 1.48. The van der Waals surface area contributed by atoms with Crippen LogP contribution < -0.4 is 9.64 Å². The van der Waals surface area contributed by atoms with Gasteiger partial charge in [-0.3, -0.25) is 4.98 Å². The second-order valence-electron chi connectivity index (χ2n) is 9.48. The molecule has 7 rings (SSSR count). The zero-order valence-electron chi connectivity index (χ0n) is 21.1. The first-order valence-electron chi connectivity index (χ1n) is 12.3. The molecule has 0 bridgehead atoms. The molecule has 0 radical (unpaired) electrons. The van der Waals surface area contributed by atoms with Crippen LogP contribution in [0.15, 0.2) is 85.5 Å². The summed E-state index contributed by atoms with van der Waals surface area (Å²) in [5.74, 6) is 1.56. The SMILES string of the molecule is Cc1nn(-c2ccccc2)c2c1[C@H](c1ccc(N(C)C)cc1)c1c(ncn3nc(-c4ccncc4)nc13)O2. The minimum absolute atomic E-state index is 0.201. The van der Waals surface area contributed by atoms with Gasteiger partial charge in [-0.25, -0.2) is 19.2 Å². The summed E-state index contributed by atoms with van der Waals surface area (Å²) in [6.07, 6.45) is 5.13. The van der Waals surface area contributed by atoms with Gasteiger partial charge in [-0.05, 0) is 48.9 Å². The number of anilines is 1. The minimum Gasteiger partial charge on any atom is -0.420 e. The number of hydrogen-bond donors (Lipinski definition) is 0. The molecular formula is C29H24N8O. The van der Waals surface area contributed by atoms with Crippen molar-refractivity contribution >= 4 is 11.3 Å². The molecular weight excluding hydrogens is 476 g/mol. The monoisotopic (exact) mass is 500 g/mol. The van der Waals surface area contributed by atoms with Gasteiger partial charge in [0.25, 0.3) is 0 Å². The van der Waals surface area contributed by atoms with Crippen molar-refractivity contribution in [3.8, 4) is 28.8 Å². The molecule has 9 heteroatoms. The predicted octanol–water partition coefficient (Wildman–Crippen LogP) is 5.03. The topological polar surface area (TPSA) is 86.3 Å². The van der Waals surface area contributed by atoms with Gasteiger partial charge in [0.05, 0.1) is 28.4 Å². The smallest absolute Gasteiger partial charge is 0.230 e. The Morgan fingerprint density at radius 2 is 1.63 bits per heavy atom. The van der Waals surface area contributed by atoms with E-state index in [1.165, 1.54) is 0 Å². The van der Waals surface area contributed by atoms with Gasteiger partial charge in [0.1, 0.15) is 6.33 Å². The molecule has 5 heterocycles. The number of rotatable bonds is 4. The van der Waals surface area contributed by atoms with Crippen LogP contribution in [0.1, 0.15) is 28.3 Å². The van der Waals surface area contributed by atoms with Gasteiger partial charge in [-0.15, -0.1) is 5.10 Å². The van der Waals surface area contributed by atoms with Crippen LogP contribution in [-0.4, -0.2) is 48.4 Å². The molecule has 38 heavy (non-hydrogen) atoms. The Bertz CT molecular complexity index is 1770. The minimum atomic E-state index is -0.201. The van der Waals surface area contributed by atoms with Crippen molar-refractivity contribution < 1.29 is 4.74 Å². The lowest BCUT2D eigenvalue weighted by atomic mass is 9.84. The van der Waals surface area contributed by atoms with Gasteiger partial charge >= 0.3 is 0 Å². The van der Waals surface area contributed by atoms with Crippen LogP contribution in [0.3, 0.4) is 0 Å². The van der Waals surface area contributed by atoms with Crippen molar-refractivity contribution in [1.82, 2.24) is 34.3 Å². The maximum absolute atomic E-state index is 6.51. The molecule has 0 saturated heterocycles. The molecule has 6 aromatic rings. The van der Waals surface area contributed by atoms with Crippen molar-refractivity contribution in [3.63, 3.8) is 0 Å². The molecule has 9 nitrogen and oxygen atoms in total. The van der Waals surface area contributed by atoms with E-state index in [1.807, 2.05) is 68.2 Å². The van der Waals surface area contributed by atoms with Crippen LogP contribution in [-0.2, 0) is 0 Å². The van der Waals surface area contributed by atoms with Crippen molar-refractivity contribution in [1.29, 1.82) is 0 Å². The highest BCUT2D eigenvalue weighted by atomic mass is 16.5. The summed E-state index contributed by atoms with van der Waals surface area (Å²) in [5.41, 5.74) is 7.45. The number of hydrogen-bond acceptors (Lipinski definition) is 7. The Hall–Kier alpha value is -5.05. The third-order valence-electron chi connectivity index (χ3n) is 6.90. The summed E-state index contributed by atoms with van der Waals surface area (Å²) in [7, 11) is 4.07. The number of fused-ring (bicyclic) bond motifs is 4. The van der Waals surface area contributed by atoms with Crippen LogP contribution in [0.5, 0.6) is 11.8 Å². The van der Waals surface area contributed by atoms with E-state index in [0.717, 1.165) is 39.3 Å². The molecule has 0 fully saturated rings. The molecule has 4 aromatic heterocycles. The maximum atomic E-state index is 6.51. The van der Waals surface area contributed by atoms with Crippen LogP contribution in [0.25, 0.3) is 22.7 Å². The third kappa shape index (κ3) is 3.43. The van der Waals surface area contributed by atoms with Gasteiger partial charge in [0.2, 0.25) is 11.8 Å². The summed E-state index contributed by atoms with van der Waals surface area (Å²) >= 11 is 0. The van der Waals surface area contributed by atoms with Gasteiger partial charge in [-0.2, -0.15) is 5.10 Å². The van der Waals surface area contributed by atoms with Gasteiger partial charge < -0.3 is 9.64 Å². The first-order valence-corrected chi connectivity index (χ1v) is 12.3. The highest BCUT2D eigenvalue weighted by molar-refractivity contribution is 5.69. The Morgan fingerprint density at radius 3 is 2.37 bits per heavy atom. The van der Waals surface area contributed by atoms with Crippen molar-refractivity contribution in [2.75, 3.05) is 19.0 Å². The molecule has 1 aliphatic heterocycles. The van der Waals surface area contributed by atoms with E-state index in [-0.39, 0.29) is 5.92 Å². The zero-order chi connectivity index (χ0) is 25.8. The summed E-state index contributed by atoms with van der Waals surface area (Å²) < 4.78 is 10.1. The third-order valence-corrected chi connectivity index (χ3v) is 6.90. The number of nitrogens with zero attached hydrogens (tertiary/aromatic N) is 8. The number of pyridine rings is 1. The summed E-state index contributed by atoms with van der Waals surface area (Å²) in [6.45, 7) is 2.02. The van der Waals surface area contributed by atoms with E-state index < -0.39 is 0 Å². The Kier molecular flexibility index (Phi) is 4.97. The molecule has 0 saturated carbocycles. The predicted molar refractivity (Wildman–Crippen MR) is 144 cm³/mol. The summed E-state index contributed by atoms with van der Waals surface area (Å²) in [5, 5.41) is 9.63. The normalized spacial score (nSPS) is 14.1.